The second kappa shape index (κ2) is 6.74. The third-order valence-corrected chi connectivity index (χ3v) is 1.80. The van der Waals surface area contributed by atoms with Gasteiger partial charge in [-0.3, -0.25) is 0 Å². The molecule has 4 N–H and O–H groups in total. The van der Waals surface area contributed by atoms with Crippen LogP contribution in [0.2, 0.25) is 0 Å². The Hall–Kier alpha value is -0.660. The largest absolute Gasteiger partial charge is 0.469 e. The summed E-state index contributed by atoms with van der Waals surface area (Å²) in [6, 6.07) is 0.0120. The molecular formula is C7H15N3O2S2. The molecule has 0 bridgehead atoms. The lowest BCUT2D eigenvalue weighted by Crippen LogP contribution is -2.39. The van der Waals surface area contributed by atoms with E-state index < -0.39 is 0 Å². The molecule has 0 unspecified atom stereocenters. The van der Waals surface area contributed by atoms with Crippen LogP contribution in [-0.2, 0) is 9.47 Å². The Morgan fingerprint density at radius 2 is 1.50 bits per heavy atom. The summed E-state index contributed by atoms with van der Waals surface area (Å²) in [5.74, 6) is 0. The van der Waals surface area contributed by atoms with Crippen LogP contribution < -0.4 is 11.5 Å². The van der Waals surface area contributed by atoms with Gasteiger partial charge in [0.25, 0.3) is 10.3 Å². The first-order valence-corrected chi connectivity index (χ1v) is 4.76. The molecule has 82 valence electrons. The zero-order chi connectivity index (χ0) is 11.1. The molecule has 0 spiro atoms. The quantitative estimate of drug-likeness (QED) is 0.621. The highest BCUT2D eigenvalue weighted by Crippen LogP contribution is 1.96. The molecule has 0 heterocycles. The Bertz CT molecular complexity index is 193. The van der Waals surface area contributed by atoms with Gasteiger partial charge in [0.15, 0.2) is 0 Å². The molecule has 0 atom stereocenters. The minimum Gasteiger partial charge on any atom is -0.469 e. The van der Waals surface area contributed by atoms with E-state index in [1.165, 1.54) is 0 Å². The molecule has 0 aromatic heterocycles. The fourth-order valence-corrected chi connectivity index (χ4v) is 0.839. The Kier molecular flexibility index (Phi) is 6.43. The van der Waals surface area contributed by atoms with Gasteiger partial charge < -0.3 is 25.8 Å². The zero-order valence-corrected chi connectivity index (χ0v) is 9.86. The number of hydrogen-bond donors (Lipinski definition) is 2. The fourth-order valence-electron chi connectivity index (χ4n) is 0.703. The minimum atomic E-state index is 0.0120. The van der Waals surface area contributed by atoms with E-state index in [-0.39, 0.29) is 16.4 Å². The minimum absolute atomic E-state index is 0.0120. The van der Waals surface area contributed by atoms with Crippen molar-refractivity contribution in [2.45, 2.75) is 6.04 Å². The van der Waals surface area contributed by atoms with Crippen LogP contribution in [0.3, 0.4) is 0 Å². The summed E-state index contributed by atoms with van der Waals surface area (Å²) in [6.45, 7) is 0.704. The van der Waals surface area contributed by atoms with Crippen molar-refractivity contribution in [2.75, 3.05) is 27.3 Å². The molecule has 0 aliphatic rings. The molecule has 7 heteroatoms. The Balaban J connectivity index is 3.89. The third kappa shape index (κ3) is 6.81. The van der Waals surface area contributed by atoms with Crippen LogP contribution in [0, 0.1) is 0 Å². The van der Waals surface area contributed by atoms with Crippen molar-refractivity contribution in [3.8, 4) is 0 Å². The van der Waals surface area contributed by atoms with Gasteiger partial charge in [0.1, 0.15) is 13.2 Å². The van der Waals surface area contributed by atoms with Gasteiger partial charge in [0.05, 0.1) is 6.04 Å². The first-order chi connectivity index (χ1) is 6.43. The zero-order valence-electron chi connectivity index (χ0n) is 8.23. The number of thiocarbonyl (C=S) groups is 2. The van der Waals surface area contributed by atoms with E-state index in [1.807, 2.05) is 19.0 Å². The molecule has 0 aromatic rings. The van der Waals surface area contributed by atoms with Gasteiger partial charge in [-0.05, 0) is 38.5 Å². The van der Waals surface area contributed by atoms with Crippen molar-refractivity contribution in [1.29, 1.82) is 0 Å². The van der Waals surface area contributed by atoms with E-state index in [2.05, 4.69) is 24.4 Å². The van der Waals surface area contributed by atoms with Gasteiger partial charge in [-0.1, -0.05) is 0 Å². The van der Waals surface area contributed by atoms with E-state index >= 15 is 0 Å². The summed E-state index contributed by atoms with van der Waals surface area (Å²) < 4.78 is 10.0. The van der Waals surface area contributed by atoms with E-state index in [0.717, 1.165) is 0 Å². The molecule has 0 aliphatic carbocycles. The van der Waals surface area contributed by atoms with E-state index in [9.17, 15) is 0 Å². The van der Waals surface area contributed by atoms with Crippen molar-refractivity contribution in [3.63, 3.8) is 0 Å². The average Bonchev–Trinajstić information content (AvgIpc) is 2.02. The van der Waals surface area contributed by atoms with Gasteiger partial charge in [-0.15, -0.1) is 0 Å². The van der Waals surface area contributed by atoms with Crippen LogP contribution in [0.1, 0.15) is 0 Å². The van der Waals surface area contributed by atoms with E-state index in [1.54, 1.807) is 0 Å². The predicted octanol–water partition coefficient (Wildman–Crippen LogP) is -0.563. The van der Waals surface area contributed by atoms with Crippen molar-refractivity contribution >= 4 is 34.8 Å². The molecule has 0 radical (unpaired) electrons. The summed E-state index contributed by atoms with van der Waals surface area (Å²) in [7, 11) is 3.77. The van der Waals surface area contributed by atoms with Crippen LogP contribution in [-0.4, -0.2) is 48.6 Å². The third-order valence-electron chi connectivity index (χ3n) is 1.57. The lowest BCUT2D eigenvalue weighted by molar-refractivity contribution is 0.121. The van der Waals surface area contributed by atoms with Crippen molar-refractivity contribution in [2.24, 2.45) is 11.5 Å². The maximum atomic E-state index is 5.20. The van der Waals surface area contributed by atoms with Crippen LogP contribution in [0.4, 0.5) is 0 Å². The smallest absolute Gasteiger partial charge is 0.254 e. The van der Waals surface area contributed by atoms with E-state index in [4.69, 9.17) is 20.9 Å². The maximum absolute atomic E-state index is 5.20. The molecule has 0 saturated carbocycles. The van der Waals surface area contributed by atoms with Crippen molar-refractivity contribution in [3.05, 3.63) is 0 Å². The second-order valence-corrected chi connectivity index (χ2v) is 3.68. The monoisotopic (exact) mass is 237 g/mol. The highest BCUT2D eigenvalue weighted by molar-refractivity contribution is 7.80. The first-order valence-electron chi connectivity index (χ1n) is 3.94. The van der Waals surface area contributed by atoms with Crippen LogP contribution in [0.15, 0.2) is 0 Å². The van der Waals surface area contributed by atoms with Gasteiger partial charge in [-0.2, -0.15) is 0 Å². The van der Waals surface area contributed by atoms with Gasteiger partial charge >= 0.3 is 0 Å². The molecule has 0 amide bonds. The molecule has 5 nitrogen and oxygen atoms in total. The summed E-state index contributed by atoms with van der Waals surface area (Å²) in [5.41, 5.74) is 10.4. The second-order valence-electron chi connectivity index (χ2n) is 2.88. The maximum Gasteiger partial charge on any atom is 0.254 e. The SMILES string of the molecule is CN(C)C(COC(N)=S)COC(N)=S. The lowest BCUT2D eigenvalue weighted by Gasteiger charge is -2.23. The highest BCUT2D eigenvalue weighted by atomic mass is 32.1. The summed E-state index contributed by atoms with van der Waals surface area (Å²) in [5, 5.41) is 0.0411. The Morgan fingerprint density at radius 3 is 1.71 bits per heavy atom. The number of nitrogens with zero attached hydrogens (tertiary/aromatic N) is 1. The molecular weight excluding hydrogens is 222 g/mol. The molecule has 0 aliphatic heterocycles. The predicted molar refractivity (Wildman–Crippen MR) is 62.9 cm³/mol. The Morgan fingerprint density at radius 1 is 1.14 bits per heavy atom. The highest BCUT2D eigenvalue weighted by Gasteiger charge is 2.13. The normalized spacial score (nSPS) is 10.3. The molecule has 0 rings (SSSR count). The van der Waals surface area contributed by atoms with E-state index in [0.29, 0.717) is 13.2 Å². The Labute approximate surface area is 94.3 Å². The number of rotatable bonds is 5. The lowest BCUT2D eigenvalue weighted by atomic mass is 10.3. The van der Waals surface area contributed by atoms with Gasteiger partial charge in [0, 0.05) is 0 Å². The van der Waals surface area contributed by atoms with Crippen molar-refractivity contribution < 1.29 is 9.47 Å². The molecule has 0 saturated heterocycles. The van der Waals surface area contributed by atoms with Gasteiger partial charge in [0.2, 0.25) is 0 Å². The number of nitrogens with two attached hydrogens (primary N) is 2. The average molecular weight is 237 g/mol. The number of hydrogen-bond acceptors (Lipinski definition) is 5. The fraction of sp³-hybridized carbons (Fsp3) is 0.714. The summed E-state index contributed by atoms with van der Waals surface area (Å²) in [6.07, 6.45) is 0. The molecule has 14 heavy (non-hydrogen) atoms. The number of likely N-dealkylation sites (N-methyl/N-ethyl adjacent to an activating group) is 1. The van der Waals surface area contributed by atoms with Crippen molar-refractivity contribution in [1.82, 2.24) is 4.90 Å². The molecule has 0 fully saturated rings. The topological polar surface area (TPSA) is 73.7 Å². The van der Waals surface area contributed by atoms with Gasteiger partial charge in [-0.25, -0.2) is 0 Å². The first kappa shape index (κ1) is 13.3. The van der Waals surface area contributed by atoms with Crippen LogP contribution in [0.5, 0.6) is 0 Å². The summed E-state index contributed by atoms with van der Waals surface area (Å²) >= 11 is 9.16. The van der Waals surface area contributed by atoms with Crippen LogP contribution >= 0.6 is 24.4 Å². The van der Waals surface area contributed by atoms with Crippen LogP contribution in [0.25, 0.3) is 0 Å². The summed E-state index contributed by atoms with van der Waals surface area (Å²) in [4.78, 5) is 1.91. The molecule has 0 aromatic carbocycles. The standard InChI is InChI=1S/C7H15N3O2S2/c1-10(2)5(3-11-6(8)13)4-12-7(9)14/h5H,3-4H2,1-2H3,(H2,8,13)(H2,9,14). The number of ether oxygens (including phenoxy) is 2.